The van der Waals surface area contributed by atoms with Crippen LogP contribution in [0.1, 0.15) is 40.0 Å². The molecule has 0 fully saturated rings. The van der Waals surface area contributed by atoms with Gasteiger partial charge in [-0.3, -0.25) is 0 Å². The SMILES string of the molecule is CCCNC(C)CCCN(C)C(C)COC. The lowest BCUT2D eigenvalue weighted by molar-refractivity contribution is 0.114. The van der Waals surface area contributed by atoms with Gasteiger partial charge in [-0.2, -0.15) is 0 Å². The molecular weight excluding hydrogens is 200 g/mol. The van der Waals surface area contributed by atoms with E-state index in [9.17, 15) is 0 Å². The maximum atomic E-state index is 5.15. The normalized spacial score (nSPS) is 15.4. The van der Waals surface area contributed by atoms with Crippen LogP contribution in [0.5, 0.6) is 0 Å². The Kier molecular flexibility index (Phi) is 9.99. The van der Waals surface area contributed by atoms with Gasteiger partial charge in [0.1, 0.15) is 0 Å². The van der Waals surface area contributed by atoms with Crippen LogP contribution in [0.2, 0.25) is 0 Å². The molecule has 3 nitrogen and oxygen atoms in total. The fourth-order valence-corrected chi connectivity index (χ4v) is 1.73. The molecule has 0 spiro atoms. The van der Waals surface area contributed by atoms with Crippen LogP contribution in [-0.4, -0.2) is 50.8 Å². The van der Waals surface area contributed by atoms with Gasteiger partial charge in [0.25, 0.3) is 0 Å². The lowest BCUT2D eigenvalue weighted by atomic mass is 10.1. The summed E-state index contributed by atoms with van der Waals surface area (Å²) >= 11 is 0. The Morgan fingerprint density at radius 3 is 2.56 bits per heavy atom. The second-order valence-electron chi connectivity index (χ2n) is 4.78. The second-order valence-corrected chi connectivity index (χ2v) is 4.78. The van der Waals surface area contributed by atoms with E-state index in [0.29, 0.717) is 12.1 Å². The standard InChI is InChI=1S/C13H30N2O/c1-6-9-14-12(2)8-7-10-15(4)13(3)11-16-5/h12-14H,6-11H2,1-5H3. The van der Waals surface area contributed by atoms with Crippen LogP contribution in [0, 0.1) is 0 Å². The van der Waals surface area contributed by atoms with Gasteiger partial charge in [-0.25, -0.2) is 0 Å². The predicted octanol–water partition coefficient (Wildman–Crippen LogP) is 2.12. The van der Waals surface area contributed by atoms with Crippen molar-refractivity contribution in [3.63, 3.8) is 0 Å². The minimum absolute atomic E-state index is 0.518. The van der Waals surface area contributed by atoms with Gasteiger partial charge in [-0.15, -0.1) is 0 Å². The van der Waals surface area contributed by atoms with E-state index in [1.165, 1.54) is 19.3 Å². The number of rotatable bonds is 10. The van der Waals surface area contributed by atoms with Crippen molar-refractivity contribution in [1.29, 1.82) is 0 Å². The maximum absolute atomic E-state index is 5.15. The molecule has 0 heterocycles. The van der Waals surface area contributed by atoms with Crippen molar-refractivity contribution < 1.29 is 4.74 Å². The van der Waals surface area contributed by atoms with E-state index < -0.39 is 0 Å². The van der Waals surface area contributed by atoms with Crippen LogP contribution in [0.4, 0.5) is 0 Å². The molecule has 3 heteroatoms. The van der Waals surface area contributed by atoms with Gasteiger partial charge in [0.05, 0.1) is 6.61 Å². The summed E-state index contributed by atoms with van der Waals surface area (Å²) in [7, 11) is 3.94. The lowest BCUT2D eigenvalue weighted by Gasteiger charge is -2.24. The number of nitrogens with one attached hydrogen (secondary N) is 1. The molecule has 16 heavy (non-hydrogen) atoms. The monoisotopic (exact) mass is 230 g/mol. The van der Waals surface area contributed by atoms with E-state index in [0.717, 1.165) is 19.7 Å². The van der Waals surface area contributed by atoms with Crippen molar-refractivity contribution in [3.8, 4) is 0 Å². The zero-order chi connectivity index (χ0) is 12.4. The minimum Gasteiger partial charge on any atom is -0.383 e. The molecule has 0 aromatic heterocycles. The second kappa shape index (κ2) is 10.1. The first-order valence-corrected chi connectivity index (χ1v) is 6.54. The van der Waals surface area contributed by atoms with E-state index in [2.05, 4.69) is 38.0 Å². The fourth-order valence-electron chi connectivity index (χ4n) is 1.73. The number of hydrogen-bond acceptors (Lipinski definition) is 3. The Labute approximate surface area is 102 Å². The summed E-state index contributed by atoms with van der Waals surface area (Å²) in [5.74, 6) is 0. The zero-order valence-electron chi connectivity index (χ0n) is 11.8. The first kappa shape index (κ1) is 15.9. The average Bonchev–Trinajstić information content (AvgIpc) is 2.26. The summed E-state index contributed by atoms with van der Waals surface area (Å²) < 4.78 is 5.15. The van der Waals surface area contributed by atoms with Gasteiger partial charge in [-0.1, -0.05) is 6.92 Å². The van der Waals surface area contributed by atoms with Crippen molar-refractivity contribution in [3.05, 3.63) is 0 Å². The number of ether oxygens (including phenoxy) is 1. The highest BCUT2D eigenvalue weighted by atomic mass is 16.5. The molecule has 0 aliphatic heterocycles. The van der Waals surface area contributed by atoms with Crippen LogP contribution in [0.15, 0.2) is 0 Å². The van der Waals surface area contributed by atoms with Crippen LogP contribution in [-0.2, 0) is 4.74 Å². The smallest absolute Gasteiger partial charge is 0.0615 e. The Hall–Kier alpha value is -0.120. The highest BCUT2D eigenvalue weighted by Gasteiger charge is 2.08. The molecular formula is C13H30N2O. The van der Waals surface area contributed by atoms with Crippen molar-refractivity contribution in [2.75, 3.05) is 33.9 Å². The maximum Gasteiger partial charge on any atom is 0.0615 e. The van der Waals surface area contributed by atoms with Crippen molar-refractivity contribution in [1.82, 2.24) is 10.2 Å². The zero-order valence-corrected chi connectivity index (χ0v) is 11.8. The first-order valence-electron chi connectivity index (χ1n) is 6.54. The largest absolute Gasteiger partial charge is 0.383 e. The summed E-state index contributed by atoms with van der Waals surface area (Å²) in [5, 5.41) is 3.52. The summed E-state index contributed by atoms with van der Waals surface area (Å²) in [4.78, 5) is 2.37. The highest BCUT2D eigenvalue weighted by molar-refractivity contribution is 4.65. The van der Waals surface area contributed by atoms with E-state index in [1.807, 2.05) is 0 Å². The van der Waals surface area contributed by atoms with Crippen molar-refractivity contribution in [2.24, 2.45) is 0 Å². The fraction of sp³-hybridized carbons (Fsp3) is 1.00. The molecule has 0 rings (SSSR count). The van der Waals surface area contributed by atoms with Gasteiger partial charge >= 0.3 is 0 Å². The molecule has 0 saturated heterocycles. The van der Waals surface area contributed by atoms with Crippen LogP contribution in [0.3, 0.4) is 0 Å². The van der Waals surface area contributed by atoms with Crippen LogP contribution < -0.4 is 5.32 Å². The van der Waals surface area contributed by atoms with Gasteiger partial charge in [0.15, 0.2) is 0 Å². The number of likely N-dealkylation sites (N-methyl/N-ethyl adjacent to an activating group) is 1. The Bertz CT molecular complexity index is 153. The van der Waals surface area contributed by atoms with Crippen molar-refractivity contribution >= 4 is 0 Å². The average molecular weight is 230 g/mol. The Morgan fingerprint density at radius 2 is 2.00 bits per heavy atom. The molecule has 0 aliphatic carbocycles. The van der Waals surface area contributed by atoms with Crippen molar-refractivity contribution in [2.45, 2.75) is 52.1 Å². The van der Waals surface area contributed by atoms with Gasteiger partial charge in [0, 0.05) is 19.2 Å². The van der Waals surface area contributed by atoms with Gasteiger partial charge in [0.2, 0.25) is 0 Å². The molecule has 2 atom stereocenters. The third-order valence-corrected chi connectivity index (χ3v) is 3.05. The van der Waals surface area contributed by atoms with Crippen LogP contribution in [0.25, 0.3) is 0 Å². The molecule has 2 unspecified atom stereocenters. The molecule has 98 valence electrons. The highest BCUT2D eigenvalue weighted by Crippen LogP contribution is 2.02. The molecule has 0 aromatic rings. The molecule has 0 aliphatic rings. The van der Waals surface area contributed by atoms with E-state index in [-0.39, 0.29) is 0 Å². The third kappa shape index (κ3) is 8.08. The molecule has 0 amide bonds. The Morgan fingerprint density at radius 1 is 1.31 bits per heavy atom. The van der Waals surface area contributed by atoms with E-state index in [1.54, 1.807) is 7.11 Å². The molecule has 0 radical (unpaired) electrons. The molecule has 1 N–H and O–H groups in total. The molecule has 0 bridgehead atoms. The Balaban J connectivity index is 3.49. The quantitative estimate of drug-likeness (QED) is 0.622. The van der Waals surface area contributed by atoms with Crippen LogP contribution >= 0.6 is 0 Å². The molecule has 0 aromatic carbocycles. The topological polar surface area (TPSA) is 24.5 Å². The lowest BCUT2D eigenvalue weighted by Crippen LogP contribution is -2.34. The third-order valence-electron chi connectivity index (χ3n) is 3.05. The first-order chi connectivity index (χ1) is 7.61. The minimum atomic E-state index is 0.518. The van der Waals surface area contributed by atoms with Gasteiger partial charge < -0.3 is 15.0 Å². The van der Waals surface area contributed by atoms with Gasteiger partial charge in [-0.05, 0) is 53.2 Å². The number of methoxy groups -OCH3 is 1. The number of nitrogens with zero attached hydrogens (tertiary/aromatic N) is 1. The van der Waals surface area contributed by atoms with E-state index in [4.69, 9.17) is 4.74 Å². The summed E-state index contributed by atoms with van der Waals surface area (Å²) in [6, 6.07) is 1.16. The number of hydrogen-bond donors (Lipinski definition) is 1. The predicted molar refractivity (Wildman–Crippen MR) is 71.0 cm³/mol. The summed E-state index contributed by atoms with van der Waals surface area (Å²) in [5.41, 5.74) is 0. The summed E-state index contributed by atoms with van der Waals surface area (Å²) in [6.07, 6.45) is 3.72. The van der Waals surface area contributed by atoms with E-state index >= 15 is 0 Å². The summed E-state index contributed by atoms with van der Waals surface area (Å²) in [6.45, 7) is 9.80. The molecule has 0 saturated carbocycles.